The van der Waals surface area contributed by atoms with Gasteiger partial charge in [-0.3, -0.25) is 14.3 Å². The smallest absolute Gasteiger partial charge is 0.234 e. The second kappa shape index (κ2) is 9.01. The molecule has 1 fully saturated rings. The third kappa shape index (κ3) is 5.48. The van der Waals surface area contributed by atoms with Gasteiger partial charge in [0.15, 0.2) is 0 Å². The van der Waals surface area contributed by atoms with Crippen LogP contribution in [0.25, 0.3) is 0 Å². The molecule has 1 saturated heterocycles. The third-order valence-corrected chi connectivity index (χ3v) is 6.25. The standard InChI is InChI=1S/C20H21ClFN3O4S/c1-13-5-6-16(11-18(13)22)24-30(28,29)8-7-23-20(27)14-9-19(26)25(12-14)17-4-2-3-15(21)10-17/h2-6,10-11,14,24H,7-9,12H2,1H3,(H,23,27). The van der Waals surface area contributed by atoms with Crippen molar-refractivity contribution in [3.05, 3.63) is 58.9 Å². The number of nitrogens with one attached hydrogen (secondary N) is 2. The Kier molecular flexibility index (Phi) is 6.62. The lowest BCUT2D eigenvalue weighted by Gasteiger charge is -2.17. The van der Waals surface area contributed by atoms with Crippen LogP contribution in [0.15, 0.2) is 42.5 Å². The first kappa shape index (κ1) is 22.0. The highest BCUT2D eigenvalue weighted by molar-refractivity contribution is 7.92. The lowest BCUT2D eigenvalue weighted by Crippen LogP contribution is -2.36. The van der Waals surface area contributed by atoms with Crippen LogP contribution < -0.4 is 14.9 Å². The number of anilines is 2. The van der Waals surface area contributed by atoms with E-state index in [1.54, 1.807) is 31.2 Å². The largest absolute Gasteiger partial charge is 0.355 e. The summed E-state index contributed by atoms with van der Waals surface area (Å²) in [6.45, 7) is 1.63. The number of amides is 2. The van der Waals surface area contributed by atoms with E-state index in [9.17, 15) is 22.4 Å². The summed E-state index contributed by atoms with van der Waals surface area (Å²) in [7, 11) is -3.78. The average molecular weight is 454 g/mol. The predicted octanol–water partition coefficient (Wildman–Crippen LogP) is 2.70. The molecule has 10 heteroatoms. The van der Waals surface area contributed by atoms with Crippen LogP contribution >= 0.6 is 11.6 Å². The van der Waals surface area contributed by atoms with Gasteiger partial charge < -0.3 is 10.2 Å². The van der Waals surface area contributed by atoms with E-state index < -0.39 is 27.7 Å². The Morgan fingerprint density at radius 3 is 2.73 bits per heavy atom. The fraction of sp³-hybridized carbons (Fsp3) is 0.300. The molecule has 7 nitrogen and oxygen atoms in total. The summed E-state index contributed by atoms with van der Waals surface area (Å²) < 4.78 is 40.2. The van der Waals surface area contributed by atoms with Crippen molar-refractivity contribution in [1.29, 1.82) is 0 Å². The molecule has 0 saturated carbocycles. The molecule has 1 aliphatic heterocycles. The van der Waals surface area contributed by atoms with Gasteiger partial charge in [-0.1, -0.05) is 23.7 Å². The van der Waals surface area contributed by atoms with Crippen LogP contribution in [0.4, 0.5) is 15.8 Å². The molecule has 160 valence electrons. The minimum absolute atomic E-state index is 0.0337. The minimum atomic E-state index is -3.78. The summed E-state index contributed by atoms with van der Waals surface area (Å²) in [5.74, 6) is -2.08. The number of halogens is 2. The maximum absolute atomic E-state index is 13.6. The van der Waals surface area contributed by atoms with E-state index in [-0.39, 0.29) is 36.9 Å². The molecule has 3 rings (SSSR count). The Morgan fingerprint density at radius 1 is 1.27 bits per heavy atom. The topological polar surface area (TPSA) is 95.6 Å². The summed E-state index contributed by atoms with van der Waals surface area (Å²) in [6, 6.07) is 10.8. The molecule has 2 amide bonds. The normalized spacial score (nSPS) is 16.6. The summed E-state index contributed by atoms with van der Waals surface area (Å²) >= 11 is 5.95. The van der Waals surface area contributed by atoms with E-state index in [1.807, 2.05) is 0 Å². The van der Waals surface area contributed by atoms with Crippen LogP contribution in [0, 0.1) is 18.7 Å². The highest BCUT2D eigenvalue weighted by atomic mass is 35.5. The lowest BCUT2D eigenvalue weighted by atomic mass is 10.1. The number of hydrogen-bond donors (Lipinski definition) is 2. The van der Waals surface area contributed by atoms with E-state index in [1.165, 1.54) is 17.0 Å². The number of carbonyl (C=O) groups excluding carboxylic acids is 2. The second-order valence-electron chi connectivity index (χ2n) is 7.06. The lowest BCUT2D eigenvalue weighted by molar-refractivity contribution is -0.126. The number of benzene rings is 2. The fourth-order valence-corrected chi connectivity index (χ4v) is 4.26. The van der Waals surface area contributed by atoms with E-state index >= 15 is 0 Å². The Labute approximate surface area is 179 Å². The number of rotatable bonds is 7. The van der Waals surface area contributed by atoms with Gasteiger partial charge in [-0.2, -0.15) is 0 Å². The zero-order valence-corrected chi connectivity index (χ0v) is 17.8. The maximum atomic E-state index is 13.6. The molecule has 0 spiro atoms. The summed E-state index contributed by atoms with van der Waals surface area (Å²) in [4.78, 5) is 26.1. The van der Waals surface area contributed by atoms with Crippen LogP contribution in [-0.2, 0) is 19.6 Å². The van der Waals surface area contributed by atoms with Crippen LogP contribution in [0.2, 0.25) is 5.02 Å². The van der Waals surface area contributed by atoms with Gasteiger partial charge in [0.05, 0.1) is 17.4 Å². The van der Waals surface area contributed by atoms with Gasteiger partial charge in [0.25, 0.3) is 0 Å². The quantitative estimate of drug-likeness (QED) is 0.673. The Bertz CT molecular complexity index is 1080. The average Bonchev–Trinajstić information content (AvgIpc) is 3.06. The summed E-state index contributed by atoms with van der Waals surface area (Å²) in [6.07, 6.45) is 0.0337. The van der Waals surface area contributed by atoms with Crippen molar-refractivity contribution in [3.8, 4) is 0 Å². The van der Waals surface area contributed by atoms with Crippen LogP contribution in [0.1, 0.15) is 12.0 Å². The molecular formula is C20H21ClFN3O4S. The van der Waals surface area contributed by atoms with Gasteiger partial charge in [-0.15, -0.1) is 0 Å². The predicted molar refractivity (Wildman–Crippen MR) is 113 cm³/mol. The number of hydrogen-bond acceptors (Lipinski definition) is 4. The van der Waals surface area contributed by atoms with Crippen molar-refractivity contribution >= 4 is 44.8 Å². The van der Waals surface area contributed by atoms with Crippen molar-refractivity contribution < 1.29 is 22.4 Å². The van der Waals surface area contributed by atoms with Crippen LogP contribution in [0.5, 0.6) is 0 Å². The molecule has 2 aromatic rings. The zero-order valence-electron chi connectivity index (χ0n) is 16.2. The van der Waals surface area contributed by atoms with Crippen LogP contribution in [0.3, 0.4) is 0 Å². The first-order valence-electron chi connectivity index (χ1n) is 9.25. The highest BCUT2D eigenvalue weighted by Crippen LogP contribution is 2.27. The molecule has 1 heterocycles. The Hall–Kier alpha value is -2.65. The van der Waals surface area contributed by atoms with Gasteiger partial charge in [0.1, 0.15) is 5.82 Å². The molecule has 0 bridgehead atoms. The molecule has 30 heavy (non-hydrogen) atoms. The number of sulfonamides is 1. The molecule has 1 atom stereocenters. The molecular weight excluding hydrogens is 433 g/mol. The fourth-order valence-electron chi connectivity index (χ4n) is 3.12. The molecule has 2 N–H and O–H groups in total. The van der Waals surface area contributed by atoms with E-state index in [2.05, 4.69) is 10.0 Å². The highest BCUT2D eigenvalue weighted by Gasteiger charge is 2.35. The van der Waals surface area contributed by atoms with Gasteiger partial charge in [-0.05, 0) is 42.8 Å². The SMILES string of the molecule is Cc1ccc(NS(=O)(=O)CCNC(=O)C2CC(=O)N(c3cccc(Cl)c3)C2)cc1F. The van der Waals surface area contributed by atoms with Crippen LogP contribution in [-0.4, -0.2) is 39.1 Å². The Balaban J connectivity index is 1.51. The van der Waals surface area contributed by atoms with Crippen molar-refractivity contribution in [2.24, 2.45) is 5.92 Å². The second-order valence-corrected chi connectivity index (χ2v) is 9.34. The van der Waals surface area contributed by atoms with Gasteiger partial charge >= 0.3 is 0 Å². The molecule has 1 aliphatic rings. The maximum Gasteiger partial charge on any atom is 0.234 e. The van der Waals surface area contributed by atoms with Gasteiger partial charge in [0, 0.05) is 30.2 Å². The van der Waals surface area contributed by atoms with Crippen molar-refractivity contribution in [2.75, 3.05) is 28.5 Å². The Morgan fingerprint density at radius 2 is 2.03 bits per heavy atom. The number of nitrogens with zero attached hydrogens (tertiary/aromatic N) is 1. The first-order chi connectivity index (χ1) is 14.1. The van der Waals surface area contributed by atoms with E-state index in [4.69, 9.17) is 11.6 Å². The van der Waals surface area contributed by atoms with Gasteiger partial charge in [0.2, 0.25) is 21.8 Å². The zero-order chi connectivity index (χ0) is 21.9. The first-order valence-corrected chi connectivity index (χ1v) is 11.3. The summed E-state index contributed by atoms with van der Waals surface area (Å²) in [5, 5.41) is 3.04. The monoisotopic (exact) mass is 453 g/mol. The summed E-state index contributed by atoms with van der Waals surface area (Å²) in [5.41, 5.74) is 1.13. The van der Waals surface area contributed by atoms with E-state index in [0.717, 1.165) is 6.07 Å². The van der Waals surface area contributed by atoms with Gasteiger partial charge in [-0.25, -0.2) is 12.8 Å². The molecule has 2 aromatic carbocycles. The molecule has 0 radical (unpaired) electrons. The van der Waals surface area contributed by atoms with Crippen molar-refractivity contribution in [3.63, 3.8) is 0 Å². The number of aryl methyl sites for hydroxylation is 1. The number of carbonyl (C=O) groups is 2. The van der Waals surface area contributed by atoms with Crippen molar-refractivity contribution in [2.45, 2.75) is 13.3 Å². The minimum Gasteiger partial charge on any atom is -0.355 e. The molecule has 0 aromatic heterocycles. The van der Waals surface area contributed by atoms with E-state index in [0.29, 0.717) is 16.3 Å². The molecule has 0 aliphatic carbocycles. The van der Waals surface area contributed by atoms with Crippen molar-refractivity contribution in [1.82, 2.24) is 5.32 Å². The third-order valence-electron chi connectivity index (χ3n) is 4.73. The molecule has 1 unspecified atom stereocenters.